The highest BCUT2D eigenvalue weighted by atomic mass is 35.5. The molecule has 2 unspecified atom stereocenters. The fourth-order valence-corrected chi connectivity index (χ4v) is 14.5. The predicted molar refractivity (Wildman–Crippen MR) is 86.2 cm³/mol. The largest absolute Gasteiger partial charge is 0.456 e. The zero-order chi connectivity index (χ0) is 13.5. The van der Waals surface area contributed by atoms with Crippen molar-refractivity contribution in [3.8, 4) is 0 Å². The Morgan fingerprint density at radius 3 is 1.65 bits per heavy atom. The van der Waals surface area contributed by atoms with Crippen molar-refractivity contribution in [1.29, 1.82) is 0 Å². The molecule has 0 saturated heterocycles. The molecule has 0 aromatic heterocycles. The minimum Gasteiger partial charge on any atom is -0.456 e. The molecule has 0 aromatic rings. The van der Waals surface area contributed by atoms with E-state index < -0.39 is 17.4 Å². The SMILES string of the molecule is CC[SiH](CC)O[Si](CC)(C(Cl)CCl)C(Cl)CCl. The summed E-state index contributed by atoms with van der Waals surface area (Å²) in [4.78, 5) is 0. The quantitative estimate of drug-likeness (QED) is 0.437. The molecule has 0 aromatic carbocycles. The van der Waals surface area contributed by atoms with Crippen LogP contribution in [-0.4, -0.2) is 39.1 Å². The molecule has 2 atom stereocenters. The highest BCUT2D eigenvalue weighted by Crippen LogP contribution is 2.31. The summed E-state index contributed by atoms with van der Waals surface area (Å²) in [5.41, 5.74) is 0. The van der Waals surface area contributed by atoms with Gasteiger partial charge < -0.3 is 4.12 Å². The van der Waals surface area contributed by atoms with E-state index >= 15 is 0 Å². The number of halogens is 4. The van der Waals surface area contributed by atoms with Gasteiger partial charge in [0.25, 0.3) is 0 Å². The van der Waals surface area contributed by atoms with Crippen molar-refractivity contribution in [3.63, 3.8) is 0 Å². The smallest absolute Gasteiger partial charge is 0.217 e. The Bertz CT molecular complexity index is 195. The van der Waals surface area contributed by atoms with Gasteiger partial charge in [0.15, 0.2) is 9.04 Å². The van der Waals surface area contributed by atoms with Gasteiger partial charge >= 0.3 is 0 Å². The van der Waals surface area contributed by atoms with Gasteiger partial charge in [-0.25, -0.2) is 0 Å². The molecule has 0 heterocycles. The van der Waals surface area contributed by atoms with Crippen molar-refractivity contribution in [1.82, 2.24) is 0 Å². The van der Waals surface area contributed by atoms with Crippen molar-refractivity contribution >= 4 is 63.8 Å². The molecule has 0 amide bonds. The Balaban J connectivity index is 5.03. The summed E-state index contributed by atoms with van der Waals surface area (Å²) in [5.74, 6) is 0.770. The van der Waals surface area contributed by atoms with Crippen LogP contribution in [0.4, 0.5) is 0 Å². The molecule has 0 rings (SSSR count). The Labute approximate surface area is 128 Å². The zero-order valence-electron chi connectivity index (χ0n) is 10.7. The van der Waals surface area contributed by atoms with E-state index in [0.717, 1.165) is 18.1 Å². The monoisotopic (exact) mass is 354 g/mol. The van der Waals surface area contributed by atoms with Crippen LogP contribution in [0.3, 0.4) is 0 Å². The summed E-state index contributed by atoms with van der Waals surface area (Å²) in [6.07, 6.45) is 0. The van der Waals surface area contributed by atoms with Crippen LogP contribution in [0.5, 0.6) is 0 Å². The fraction of sp³-hybridized carbons (Fsp3) is 1.00. The highest BCUT2D eigenvalue weighted by molar-refractivity contribution is 6.92. The minimum absolute atomic E-state index is 0.163. The zero-order valence-corrected chi connectivity index (χ0v) is 15.9. The van der Waals surface area contributed by atoms with Crippen LogP contribution in [-0.2, 0) is 4.12 Å². The summed E-state index contributed by atoms with van der Waals surface area (Å²) < 4.78 is 6.44. The molecule has 0 aliphatic heterocycles. The Morgan fingerprint density at radius 2 is 1.41 bits per heavy atom. The van der Waals surface area contributed by atoms with E-state index in [0.29, 0.717) is 11.8 Å². The maximum absolute atomic E-state index is 6.44. The lowest BCUT2D eigenvalue weighted by Gasteiger charge is -2.39. The Kier molecular flexibility index (Phi) is 10.3. The van der Waals surface area contributed by atoms with Crippen LogP contribution in [0.1, 0.15) is 20.8 Å². The average Bonchev–Trinajstić information content (AvgIpc) is 2.39. The molecule has 0 bridgehead atoms. The molecule has 0 spiro atoms. The second-order valence-electron chi connectivity index (χ2n) is 4.11. The van der Waals surface area contributed by atoms with Crippen molar-refractivity contribution in [3.05, 3.63) is 0 Å². The van der Waals surface area contributed by atoms with Crippen molar-refractivity contribution in [2.45, 2.75) is 48.9 Å². The lowest BCUT2D eigenvalue weighted by Crippen LogP contribution is -2.59. The van der Waals surface area contributed by atoms with Crippen LogP contribution < -0.4 is 0 Å². The summed E-state index contributed by atoms with van der Waals surface area (Å²) in [5, 5.41) is -0.327. The Morgan fingerprint density at radius 1 is 1.00 bits per heavy atom. The minimum atomic E-state index is -2.25. The van der Waals surface area contributed by atoms with Gasteiger partial charge in [-0.05, 0) is 18.1 Å². The van der Waals surface area contributed by atoms with Crippen molar-refractivity contribution in [2.75, 3.05) is 11.8 Å². The third-order valence-electron chi connectivity index (χ3n) is 3.18. The van der Waals surface area contributed by atoms with Gasteiger partial charge in [-0.2, -0.15) is 0 Å². The first-order chi connectivity index (χ1) is 8.02. The normalized spacial score (nSPS) is 19.1. The van der Waals surface area contributed by atoms with E-state index in [-0.39, 0.29) is 10.0 Å². The van der Waals surface area contributed by atoms with E-state index in [2.05, 4.69) is 20.8 Å². The first kappa shape index (κ1) is 18.6. The second-order valence-corrected chi connectivity index (χ2v) is 14.3. The lowest BCUT2D eigenvalue weighted by atomic mass is 10.9. The lowest BCUT2D eigenvalue weighted by molar-refractivity contribution is 0.533. The number of alkyl halides is 4. The molecule has 0 fully saturated rings. The van der Waals surface area contributed by atoms with E-state index in [1.165, 1.54) is 0 Å². The summed E-state index contributed by atoms with van der Waals surface area (Å²) in [7, 11) is -3.45. The van der Waals surface area contributed by atoms with Gasteiger partial charge in [-0.15, -0.1) is 46.4 Å². The van der Waals surface area contributed by atoms with E-state index in [1.54, 1.807) is 0 Å². The first-order valence-corrected chi connectivity index (χ1v) is 12.4. The van der Waals surface area contributed by atoms with Gasteiger partial charge in [-0.3, -0.25) is 0 Å². The standard InChI is InChI=1S/C10H22Cl4OSi2/c1-4-16(5-2)15-17(6-3,9(13)7-11)10(14)8-12/h9-10,16H,4-8H2,1-3H3. The third-order valence-corrected chi connectivity index (χ3v) is 15.7. The van der Waals surface area contributed by atoms with E-state index in [9.17, 15) is 0 Å². The number of rotatable bonds is 9. The molecule has 0 aliphatic rings. The molecule has 0 saturated carbocycles. The summed E-state index contributed by atoms with van der Waals surface area (Å²) in [6, 6.07) is 3.07. The molecule has 104 valence electrons. The van der Waals surface area contributed by atoms with Gasteiger partial charge in [0.2, 0.25) is 8.32 Å². The topological polar surface area (TPSA) is 9.23 Å². The first-order valence-electron chi connectivity index (χ1n) is 6.10. The molecule has 7 heteroatoms. The van der Waals surface area contributed by atoms with Gasteiger partial charge in [0, 0.05) is 11.8 Å². The van der Waals surface area contributed by atoms with Crippen molar-refractivity contribution in [2.24, 2.45) is 0 Å². The van der Waals surface area contributed by atoms with Crippen LogP contribution in [0, 0.1) is 0 Å². The maximum atomic E-state index is 6.44. The van der Waals surface area contributed by atoms with Crippen LogP contribution in [0.15, 0.2) is 0 Å². The van der Waals surface area contributed by atoms with E-state index in [4.69, 9.17) is 50.5 Å². The second kappa shape index (κ2) is 9.46. The van der Waals surface area contributed by atoms with Crippen molar-refractivity contribution < 1.29 is 4.12 Å². The van der Waals surface area contributed by atoms with Crippen LogP contribution >= 0.6 is 46.4 Å². The fourth-order valence-electron chi connectivity index (χ4n) is 1.90. The summed E-state index contributed by atoms with van der Waals surface area (Å²) >= 11 is 24.7. The third kappa shape index (κ3) is 4.86. The number of hydrogen-bond donors (Lipinski definition) is 0. The summed E-state index contributed by atoms with van der Waals surface area (Å²) in [6.45, 7) is 6.43. The molecule has 1 nitrogen and oxygen atoms in total. The van der Waals surface area contributed by atoms with Gasteiger partial charge in [0.1, 0.15) is 0 Å². The maximum Gasteiger partial charge on any atom is 0.217 e. The molecule has 0 N–H and O–H groups in total. The van der Waals surface area contributed by atoms with Crippen LogP contribution in [0.25, 0.3) is 0 Å². The van der Waals surface area contributed by atoms with Gasteiger partial charge in [-0.1, -0.05) is 20.8 Å². The molecule has 0 aliphatic carbocycles. The average molecular weight is 356 g/mol. The van der Waals surface area contributed by atoms with Gasteiger partial charge in [0.05, 0.1) is 10.0 Å². The molecular formula is C10H22Cl4OSi2. The van der Waals surface area contributed by atoms with Crippen LogP contribution in [0.2, 0.25) is 18.1 Å². The Hall–Kier alpha value is 1.55. The molecular weight excluding hydrogens is 334 g/mol. The molecule has 0 radical (unpaired) electrons. The molecule has 17 heavy (non-hydrogen) atoms. The highest BCUT2D eigenvalue weighted by Gasteiger charge is 2.47. The predicted octanol–water partition coefficient (Wildman–Crippen LogP) is 4.50. The number of hydrogen-bond acceptors (Lipinski definition) is 1. The van der Waals surface area contributed by atoms with E-state index in [1.807, 2.05) is 0 Å².